The summed E-state index contributed by atoms with van der Waals surface area (Å²) in [6.45, 7) is 12.6. The number of nitrogens with two attached hydrogens (primary N) is 1. The molecule has 3 N–H and O–H groups in total. The molecule has 1 saturated carbocycles. The Morgan fingerprint density at radius 3 is 2.41 bits per heavy atom. The first-order valence-electron chi connectivity index (χ1n) is 7.36. The predicted octanol–water partition coefficient (Wildman–Crippen LogP) is 3.02. The molecule has 17 heavy (non-hydrogen) atoms. The van der Waals surface area contributed by atoms with Gasteiger partial charge in [0.15, 0.2) is 0 Å². The average molecular weight is 240 g/mol. The van der Waals surface area contributed by atoms with Crippen molar-refractivity contribution in [3.63, 3.8) is 0 Å². The van der Waals surface area contributed by atoms with Crippen LogP contribution in [0.1, 0.15) is 53.4 Å². The van der Waals surface area contributed by atoms with Crippen molar-refractivity contribution in [1.29, 1.82) is 0 Å². The molecular weight excluding hydrogens is 208 g/mol. The molecule has 0 heterocycles. The second-order valence-electron chi connectivity index (χ2n) is 6.96. The van der Waals surface area contributed by atoms with E-state index < -0.39 is 0 Å². The van der Waals surface area contributed by atoms with Crippen molar-refractivity contribution in [2.75, 3.05) is 19.6 Å². The largest absolute Gasteiger partial charge is 0.330 e. The molecule has 1 fully saturated rings. The van der Waals surface area contributed by atoms with Crippen LogP contribution in [0.4, 0.5) is 0 Å². The van der Waals surface area contributed by atoms with Gasteiger partial charge in [-0.25, -0.2) is 0 Å². The summed E-state index contributed by atoms with van der Waals surface area (Å²) in [4.78, 5) is 0. The molecule has 1 rings (SSSR count). The third-order valence-electron chi connectivity index (χ3n) is 4.33. The monoisotopic (exact) mass is 240 g/mol. The van der Waals surface area contributed by atoms with E-state index in [-0.39, 0.29) is 0 Å². The molecule has 0 bridgehead atoms. The lowest BCUT2D eigenvalue weighted by atomic mass is 9.76. The van der Waals surface area contributed by atoms with E-state index in [1.807, 2.05) is 0 Å². The molecule has 0 aliphatic heterocycles. The molecule has 1 aliphatic carbocycles. The van der Waals surface area contributed by atoms with Gasteiger partial charge in [0.1, 0.15) is 0 Å². The van der Waals surface area contributed by atoms with Crippen molar-refractivity contribution in [3.05, 3.63) is 0 Å². The van der Waals surface area contributed by atoms with E-state index in [1.54, 1.807) is 0 Å². The maximum atomic E-state index is 5.70. The summed E-state index contributed by atoms with van der Waals surface area (Å²) in [5.41, 5.74) is 6.11. The van der Waals surface area contributed by atoms with Crippen LogP contribution in [0.2, 0.25) is 0 Å². The average Bonchev–Trinajstić information content (AvgIpc) is 2.91. The van der Waals surface area contributed by atoms with Gasteiger partial charge in [0.25, 0.3) is 0 Å². The van der Waals surface area contributed by atoms with Crippen LogP contribution < -0.4 is 11.1 Å². The molecule has 1 aliphatic rings. The third-order valence-corrected chi connectivity index (χ3v) is 4.33. The Bertz CT molecular complexity index is 207. The van der Waals surface area contributed by atoms with Crippen molar-refractivity contribution in [1.82, 2.24) is 5.32 Å². The zero-order chi connectivity index (χ0) is 12.9. The molecule has 2 heteroatoms. The van der Waals surface area contributed by atoms with Gasteiger partial charge in [-0.1, -0.05) is 27.7 Å². The second kappa shape index (κ2) is 6.75. The van der Waals surface area contributed by atoms with Gasteiger partial charge < -0.3 is 11.1 Å². The summed E-state index contributed by atoms with van der Waals surface area (Å²) in [5.74, 6) is 2.72. The van der Waals surface area contributed by atoms with Gasteiger partial charge in [-0.15, -0.1) is 0 Å². The normalized spacial score (nSPS) is 25.9. The Balaban J connectivity index is 2.05. The van der Waals surface area contributed by atoms with Crippen LogP contribution in [0.3, 0.4) is 0 Å². The SMILES string of the molecule is CC1CC1CNCCCC(CCN)C(C)(C)C. The topological polar surface area (TPSA) is 38.0 Å². The number of nitrogens with one attached hydrogen (secondary N) is 1. The second-order valence-corrected chi connectivity index (χ2v) is 6.96. The fourth-order valence-electron chi connectivity index (χ4n) is 2.66. The summed E-state index contributed by atoms with van der Waals surface area (Å²) in [6, 6.07) is 0. The molecule has 2 nitrogen and oxygen atoms in total. The highest BCUT2D eigenvalue weighted by atomic mass is 14.9. The van der Waals surface area contributed by atoms with E-state index in [0.717, 1.165) is 24.3 Å². The van der Waals surface area contributed by atoms with Crippen molar-refractivity contribution >= 4 is 0 Å². The van der Waals surface area contributed by atoms with Crippen LogP contribution in [0.25, 0.3) is 0 Å². The summed E-state index contributed by atoms with van der Waals surface area (Å²) in [6.07, 6.45) is 5.21. The highest BCUT2D eigenvalue weighted by Crippen LogP contribution is 2.36. The molecule has 3 atom stereocenters. The fourth-order valence-corrected chi connectivity index (χ4v) is 2.66. The maximum Gasteiger partial charge on any atom is -0.00179 e. The molecule has 102 valence electrons. The van der Waals surface area contributed by atoms with Gasteiger partial charge in [0, 0.05) is 0 Å². The molecule has 0 aromatic carbocycles. The van der Waals surface area contributed by atoms with Gasteiger partial charge in [-0.2, -0.15) is 0 Å². The lowest BCUT2D eigenvalue weighted by Gasteiger charge is -2.30. The van der Waals surface area contributed by atoms with Gasteiger partial charge in [0.2, 0.25) is 0 Å². The molecule has 3 unspecified atom stereocenters. The highest BCUT2D eigenvalue weighted by Gasteiger charge is 2.31. The third kappa shape index (κ3) is 5.87. The maximum absolute atomic E-state index is 5.70. The summed E-state index contributed by atoms with van der Waals surface area (Å²) in [5, 5.41) is 3.60. The highest BCUT2D eigenvalue weighted by molar-refractivity contribution is 4.84. The predicted molar refractivity (Wildman–Crippen MR) is 76.0 cm³/mol. The number of hydrogen-bond donors (Lipinski definition) is 2. The summed E-state index contributed by atoms with van der Waals surface area (Å²) in [7, 11) is 0. The first kappa shape index (κ1) is 15.0. The van der Waals surface area contributed by atoms with Gasteiger partial charge in [-0.3, -0.25) is 0 Å². The zero-order valence-corrected chi connectivity index (χ0v) is 12.3. The minimum absolute atomic E-state index is 0.407. The molecule has 0 spiro atoms. The van der Waals surface area contributed by atoms with Crippen LogP contribution in [0.15, 0.2) is 0 Å². The summed E-state index contributed by atoms with van der Waals surface area (Å²) < 4.78 is 0. The van der Waals surface area contributed by atoms with Crippen LogP contribution >= 0.6 is 0 Å². The van der Waals surface area contributed by atoms with Crippen LogP contribution in [-0.2, 0) is 0 Å². The van der Waals surface area contributed by atoms with Gasteiger partial charge >= 0.3 is 0 Å². The standard InChI is InChI=1S/C15H32N2/c1-12-10-13(12)11-17-9-5-6-14(7-8-16)15(2,3)4/h12-14,17H,5-11,16H2,1-4H3. The Hall–Kier alpha value is -0.0800. The van der Waals surface area contributed by atoms with Crippen LogP contribution in [0, 0.1) is 23.2 Å². The van der Waals surface area contributed by atoms with Gasteiger partial charge in [0.05, 0.1) is 0 Å². The Morgan fingerprint density at radius 2 is 1.94 bits per heavy atom. The minimum Gasteiger partial charge on any atom is -0.330 e. The van der Waals surface area contributed by atoms with E-state index in [0.29, 0.717) is 5.41 Å². The number of hydrogen-bond acceptors (Lipinski definition) is 2. The first-order chi connectivity index (χ1) is 7.95. The van der Waals surface area contributed by atoms with E-state index in [4.69, 9.17) is 5.73 Å². The lowest BCUT2D eigenvalue weighted by Crippen LogP contribution is -2.25. The van der Waals surface area contributed by atoms with E-state index in [1.165, 1.54) is 38.8 Å². The Labute approximate surface area is 108 Å². The van der Waals surface area contributed by atoms with Crippen molar-refractivity contribution < 1.29 is 0 Å². The van der Waals surface area contributed by atoms with Crippen molar-refractivity contribution in [2.45, 2.75) is 53.4 Å². The first-order valence-corrected chi connectivity index (χ1v) is 7.36. The Kier molecular flexibility index (Phi) is 5.94. The van der Waals surface area contributed by atoms with E-state index in [2.05, 4.69) is 33.0 Å². The molecule has 0 aromatic heterocycles. The Morgan fingerprint density at radius 1 is 1.29 bits per heavy atom. The van der Waals surface area contributed by atoms with E-state index >= 15 is 0 Å². The van der Waals surface area contributed by atoms with Crippen molar-refractivity contribution in [2.24, 2.45) is 28.9 Å². The number of rotatable bonds is 8. The summed E-state index contributed by atoms with van der Waals surface area (Å²) >= 11 is 0. The minimum atomic E-state index is 0.407. The van der Waals surface area contributed by atoms with Gasteiger partial charge in [-0.05, 0) is 68.5 Å². The lowest BCUT2D eigenvalue weighted by molar-refractivity contribution is 0.210. The van der Waals surface area contributed by atoms with Crippen molar-refractivity contribution in [3.8, 4) is 0 Å². The fraction of sp³-hybridized carbons (Fsp3) is 1.00. The van der Waals surface area contributed by atoms with Crippen LogP contribution in [0.5, 0.6) is 0 Å². The molecule has 0 amide bonds. The molecular formula is C15H32N2. The molecule has 0 radical (unpaired) electrons. The smallest absolute Gasteiger partial charge is 0.00179 e. The zero-order valence-electron chi connectivity index (χ0n) is 12.3. The quantitative estimate of drug-likeness (QED) is 0.640. The van der Waals surface area contributed by atoms with E-state index in [9.17, 15) is 0 Å². The molecule has 0 saturated heterocycles. The van der Waals surface area contributed by atoms with Crippen LogP contribution in [-0.4, -0.2) is 19.6 Å². The molecule has 0 aromatic rings.